The second-order valence-corrected chi connectivity index (χ2v) is 6.86. The lowest BCUT2D eigenvalue weighted by atomic mass is 9.84. The molecule has 2 aliphatic heterocycles. The summed E-state index contributed by atoms with van der Waals surface area (Å²) in [6.45, 7) is 2.19. The molecule has 0 bridgehead atoms. The molecule has 0 atom stereocenters. The minimum atomic E-state index is -0.513. The van der Waals surface area contributed by atoms with Crippen molar-refractivity contribution in [3.63, 3.8) is 0 Å². The molecule has 1 fully saturated rings. The fourth-order valence-corrected chi connectivity index (χ4v) is 3.84. The lowest BCUT2D eigenvalue weighted by Crippen LogP contribution is -2.61. The van der Waals surface area contributed by atoms with Crippen LogP contribution in [0.5, 0.6) is 0 Å². The van der Waals surface area contributed by atoms with Gasteiger partial charge in [0.2, 0.25) is 0 Å². The highest BCUT2D eigenvalue weighted by atomic mass is 35.5. The Morgan fingerprint density at radius 2 is 1.75 bits per heavy atom. The average Bonchev–Trinajstić information content (AvgIpc) is 2.61. The third kappa shape index (κ3) is 2.56. The molecule has 4 nitrogen and oxygen atoms in total. The molecular weight excluding hydrogens is 322 g/mol. The van der Waals surface area contributed by atoms with Gasteiger partial charge in [0.05, 0.1) is 17.9 Å². The number of piperidine rings is 1. The molecule has 0 radical (unpaired) electrons. The molecule has 5 heteroatoms. The Morgan fingerprint density at radius 1 is 1.04 bits per heavy atom. The summed E-state index contributed by atoms with van der Waals surface area (Å²) in [6.07, 6.45) is 1.58. The number of anilines is 2. The van der Waals surface area contributed by atoms with Crippen LogP contribution in [0.4, 0.5) is 11.4 Å². The number of benzene rings is 2. The van der Waals surface area contributed by atoms with Gasteiger partial charge in [0.15, 0.2) is 0 Å². The predicted octanol–water partition coefficient (Wildman–Crippen LogP) is 3.42. The molecule has 4 rings (SSSR count). The van der Waals surface area contributed by atoms with Gasteiger partial charge in [0, 0.05) is 5.02 Å². The van der Waals surface area contributed by atoms with Crippen molar-refractivity contribution in [1.82, 2.24) is 5.32 Å². The molecule has 2 aromatic rings. The average molecular weight is 342 g/mol. The highest BCUT2D eigenvalue weighted by Gasteiger charge is 2.46. The predicted molar refractivity (Wildman–Crippen MR) is 97.5 cm³/mol. The van der Waals surface area contributed by atoms with Crippen molar-refractivity contribution in [2.75, 3.05) is 23.3 Å². The lowest BCUT2D eigenvalue weighted by Gasteiger charge is -2.46. The number of para-hydroxylation sites is 2. The fourth-order valence-electron chi connectivity index (χ4n) is 3.64. The van der Waals surface area contributed by atoms with E-state index < -0.39 is 5.54 Å². The Balaban J connectivity index is 1.76. The van der Waals surface area contributed by atoms with E-state index in [4.69, 9.17) is 11.6 Å². The topological polar surface area (TPSA) is 44.4 Å². The SMILES string of the molecule is O=C1N(Cc2ccccc2Cl)c2ccccc2NC12CCNCC2. The van der Waals surface area contributed by atoms with Crippen molar-refractivity contribution in [1.29, 1.82) is 0 Å². The molecule has 0 aromatic heterocycles. The number of amides is 1. The zero-order chi connectivity index (χ0) is 16.6. The van der Waals surface area contributed by atoms with Gasteiger partial charge in [-0.25, -0.2) is 0 Å². The number of carbonyl (C=O) groups excluding carboxylic acids is 1. The van der Waals surface area contributed by atoms with Gasteiger partial charge < -0.3 is 15.5 Å². The number of nitrogens with zero attached hydrogens (tertiary/aromatic N) is 1. The van der Waals surface area contributed by atoms with E-state index >= 15 is 0 Å². The van der Waals surface area contributed by atoms with E-state index in [0.717, 1.165) is 42.9 Å². The third-order valence-corrected chi connectivity index (χ3v) is 5.34. The van der Waals surface area contributed by atoms with E-state index in [1.165, 1.54) is 0 Å². The number of rotatable bonds is 2. The number of hydrogen-bond donors (Lipinski definition) is 2. The summed E-state index contributed by atoms with van der Waals surface area (Å²) in [4.78, 5) is 15.3. The first-order valence-corrected chi connectivity index (χ1v) is 8.71. The maximum Gasteiger partial charge on any atom is 0.253 e. The van der Waals surface area contributed by atoms with E-state index in [0.29, 0.717) is 11.6 Å². The van der Waals surface area contributed by atoms with Crippen molar-refractivity contribution in [3.8, 4) is 0 Å². The number of fused-ring (bicyclic) bond motifs is 1. The smallest absolute Gasteiger partial charge is 0.253 e. The van der Waals surface area contributed by atoms with Gasteiger partial charge in [-0.1, -0.05) is 41.9 Å². The Labute approximate surface area is 146 Å². The molecule has 2 heterocycles. The van der Waals surface area contributed by atoms with Crippen LogP contribution in [0, 0.1) is 0 Å². The zero-order valence-electron chi connectivity index (χ0n) is 13.4. The summed E-state index contributed by atoms with van der Waals surface area (Å²) in [5, 5.41) is 7.57. The van der Waals surface area contributed by atoms with E-state index in [1.807, 2.05) is 53.4 Å². The molecule has 2 aromatic carbocycles. The second-order valence-electron chi connectivity index (χ2n) is 6.46. The van der Waals surface area contributed by atoms with Crippen LogP contribution in [0.15, 0.2) is 48.5 Å². The number of halogens is 1. The molecular formula is C19H20ClN3O. The molecule has 2 aliphatic rings. The summed E-state index contributed by atoms with van der Waals surface area (Å²) in [7, 11) is 0. The Bertz CT molecular complexity index is 771. The van der Waals surface area contributed by atoms with Gasteiger partial charge >= 0.3 is 0 Å². The first-order chi connectivity index (χ1) is 11.7. The molecule has 124 valence electrons. The van der Waals surface area contributed by atoms with Crippen molar-refractivity contribution < 1.29 is 4.79 Å². The van der Waals surface area contributed by atoms with E-state index in [9.17, 15) is 4.79 Å². The minimum Gasteiger partial charge on any atom is -0.369 e. The zero-order valence-corrected chi connectivity index (χ0v) is 14.1. The summed E-state index contributed by atoms with van der Waals surface area (Å²) in [5.41, 5.74) is 2.40. The number of hydrogen-bond acceptors (Lipinski definition) is 3. The van der Waals surface area contributed by atoms with Gasteiger partial charge in [-0.2, -0.15) is 0 Å². The summed E-state index contributed by atoms with van der Waals surface area (Å²) in [6, 6.07) is 15.7. The molecule has 0 saturated carbocycles. The molecule has 0 unspecified atom stereocenters. The van der Waals surface area contributed by atoms with Crippen molar-refractivity contribution in [3.05, 3.63) is 59.1 Å². The minimum absolute atomic E-state index is 0.141. The third-order valence-electron chi connectivity index (χ3n) is 4.97. The standard InChI is InChI=1S/C19H20ClN3O/c20-15-6-2-1-5-14(15)13-23-17-8-4-3-7-16(17)22-19(18(23)24)9-11-21-12-10-19/h1-8,21-22H,9-13H2. The maximum atomic E-state index is 13.4. The molecule has 1 saturated heterocycles. The van der Waals surface area contributed by atoms with Gasteiger partial charge in [0.1, 0.15) is 5.54 Å². The molecule has 24 heavy (non-hydrogen) atoms. The summed E-state index contributed by atoms with van der Waals surface area (Å²) < 4.78 is 0. The first-order valence-electron chi connectivity index (χ1n) is 8.33. The van der Waals surface area contributed by atoms with Crippen molar-refractivity contribution >= 4 is 28.9 Å². The molecule has 1 amide bonds. The summed E-state index contributed by atoms with van der Waals surface area (Å²) >= 11 is 6.33. The Kier molecular flexibility index (Phi) is 3.94. The van der Waals surface area contributed by atoms with Crippen LogP contribution in [-0.2, 0) is 11.3 Å². The Morgan fingerprint density at radius 3 is 2.54 bits per heavy atom. The van der Waals surface area contributed by atoms with E-state index in [1.54, 1.807) is 0 Å². The van der Waals surface area contributed by atoms with E-state index in [2.05, 4.69) is 10.6 Å². The van der Waals surface area contributed by atoms with Crippen molar-refractivity contribution in [2.45, 2.75) is 24.9 Å². The summed E-state index contributed by atoms with van der Waals surface area (Å²) in [5.74, 6) is 0.141. The Hall–Kier alpha value is -2.04. The van der Waals surface area contributed by atoms with Gasteiger partial charge in [-0.05, 0) is 49.7 Å². The highest BCUT2D eigenvalue weighted by molar-refractivity contribution is 6.31. The van der Waals surface area contributed by atoms with Crippen LogP contribution in [0.3, 0.4) is 0 Å². The van der Waals surface area contributed by atoms with Gasteiger partial charge in [-0.3, -0.25) is 4.79 Å². The second kappa shape index (κ2) is 6.11. The van der Waals surface area contributed by atoms with E-state index in [-0.39, 0.29) is 5.91 Å². The largest absolute Gasteiger partial charge is 0.369 e. The van der Waals surface area contributed by atoms with Crippen LogP contribution in [0.1, 0.15) is 18.4 Å². The molecule has 1 spiro atoms. The van der Waals surface area contributed by atoms with Gasteiger partial charge in [-0.15, -0.1) is 0 Å². The van der Waals surface area contributed by atoms with Crippen LogP contribution in [-0.4, -0.2) is 24.5 Å². The van der Waals surface area contributed by atoms with Crippen LogP contribution in [0.2, 0.25) is 5.02 Å². The van der Waals surface area contributed by atoms with Gasteiger partial charge in [0.25, 0.3) is 5.91 Å². The molecule has 2 N–H and O–H groups in total. The van der Waals surface area contributed by atoms with Crippen LogP contribution in [0.25, 0.3) is 0 Å². The normalized spacial score (nSPS) is 19.0. The number of nitrogens with one attached hydrogen (secondary N) is 2. The highest BCUT2D eigenvalue weighted by Crippen LogP contribution is 2.40. The fraction of sp³-hybridized carbons (Fsp3) is 0.316. The lowest BCUT2D eigenvalue weighted by molar-refractivity contribution is -0.124. The molecule has 0 aliphatic carbocycles. The maximum absolute atomic E-state index is 13.4. The first kappa shape index (κ1) is 15.5. The number of carbonyl (C=O) groups is 1. The monoisotopic (exact) mass is 341 g/mol. The van der Waals surface area contributed by atoms with Crippen LogP contribution >= 0.6 is 11.6 Å². The van der Waals surface area contributed by atoms with Crippen LogP contribution < -0.4 is 15.5 Å². The van der Waals surface area contributed by atoms with Crippen molar-refractivity contribution in [2.24, 2.45) is 0 Å². The quantitative estimate of drug-likeness (QED) is 0.879.